The number of carbonyl (C=O) groups excluding carboxylic acids is 1. The van der Waals surface area contributed by atoms with Crippen molar-refractivity contribution in [2.45, 2.75) is 12.7 Å². The minimum atomic E-state index is -0.135. The van der Waals surface area contributed by atoms with E-state index in [2.05, 4.69) is 40.6 Å². The molecule has 25 heavy (non-hydrogen) atoms. The second-order valence-electron chi connectivity index (χ2n) is 6.12. The van der Waals surface area contributed by atoms with Crippen LogP contribution in [0.4, 0.5) is 10.6 Å². The Kier molecular flexibility index (Phi) is 4.31. The largest absolute Gasteiger partial charge is 0.370 e. The summed E-state index contributed by atoms with van der Waals surface area (Å²) >= 11 is 0. The number of benzene rings is 2. The van der Waals surface area contributed by atoms with Crippen molar-refractivity contribution in [1.82, 2.24) is 9.88 Å². The third-order valence-corrected chi connectivity index (χ3v) is 4.39. The summed E-state index contributed by atoms with van der Waals surface area (Å²) in [7, 11) is 0. The summed E-state index contributed by atoms with van der Waals surface area (Å²) in [6.45, 7) is 1.76. The zero-order chi connectivity index (χ0) is 17.1. The minimum absolute atomic E-state index is 0.0773. The van der Waals surface area contributed by atoms with Gasteiger partial charge in [-0.25, -0.2) is 9.78 Å². The van der Waals surface area contributed by atoms with E-state index >= 15 is 0 Å². The number of fused-ring (bicyclic) bond motifs is 1. The van der Waals surface area contributed by atoms with Crippen LogP contribution in [0.5, 0.6) is 0 Å². The first-order chi connectivity index (χ1) is 12.3. The number of hydrogen-bond acceptors (Lipinski definition) is 3. The average Bonchev–Trinajstić information content (AvgIpc) is 2.61. The van der Waals surface area contributed by atoms with Crippen molar-refractivity contribution < 1.29 is 9.53 Å². The Bertz CT molecular complexity index is 871. The number of hydrogen-bond donors (Lipinski definition) is 1. The number of pyridine rings is 1. The van der Waals surface area contributed by atoms with Crippen molar-refractivity contribution in [3.05, 3.63) is 72.4 Å². The maximum Gasteiger partial charge on any atom is 0.323 e. The van der Waals surface area contributed by atoms with E-state index in [9.17, 15) is 4.79 Å². The summed E-state index contributed by atoms with van der Waals surface area (Å²) in [6.07, 6.45) is 1.73. The molecule has 1 saturated heterocycles. The van der Waals surface area contributed by atoms with Gasteiger partial charge in [-0.3, -0.25) is 5.32 Å². The van der Waals surface area contributed by atoms with Gasteiger partial charge in [0, 0.05) is 6.20 Å². The van der Waals surface area contributed by atoms with Crippen LogP contribution in [0.2, 0.25) is 0 Å². The number of urea groups is 1. The van der Waals surface area contributed by atoms with Crippen molar-refractivity contribution in [2.24, 2.45) is 0 Å². The second kappa shape index (κ2) is 6.91. The highest BCUT2D eigenvalue weighted by atomic mass is 16.5. The van der Waals surface area contributed by atoms with E-state index < -0.39 is 0 Å². The number of rotatable bonds is 4. The van der Waals surface area contributed by atoms with Crippen LogP contribution in [-0.4, -0.2) is 35.1 Å². The molecule has 2 aromatic carbocycles. The highest BCUT2D eigenvalue weighted by Gasteiger charge is 2.31. The smallest absolute Gasteiger partial charge is 0.323 e. The van der Waals surface area contributed by atoms with Gasteiger partial charge in [-0.15, -0.1) is 0 Å². The number of aromatic nitrogens is 1. The number of nitrogens with zero attached hydrogens (tertiary/aromatic N) is 2. The molecule has 1 fully saturated rings. The third-order valence-electron chi connectivity index (χ3n) is 4.39. The molecule has 4 rings (SSSR count). The molecule has 1 aliphatic rings. The normalized spacial score (nSPS) is 14.3. The maximum absolute atomic E-state index is 12.1. The van der Waals surface area contributed by atoms with Gasteiger partial charge in [0.25, 0.3) is 0 Å². The molecule has 0 saturated carbocycles. The Hall–Kier alpha value is -2.92. The molecule has 0 aliphatic carbocycles. The van der Waals surface area contributed by atoms with Crippen LogP contribution in [0.15, 0.2) is 66.9 Å². The van der Waals surface area contributed by atoms with Gasteiger partial charge in [-0.2, -0.15) is 0 Å². The zero-order valence-corrected chi connectivity index (χ0v) is 13.8. The van der Waals surface area contributed by atoms with Crippen molar-refractivity contribution >= 4 is 22.6 Å². The molecule has 1 aliphatic heterocycles. The summed E-state index contributed by atoms with van der Waals surface area (Å²) in [5.74, 6) is 0.563. The standard InChI is InChI=1S/C20H19N3O2/c24-20(22-19-10-3-4-11-21-19)23-12-17(13-23)25-14-16-8-5-7-15-6-1-2-9-18(15)16/h1-11,17H,12-14H2,(H,21,22,24). The lowest BCUT2D eigenvalue weighted by Gasteiger charge is -2.38. The molecular formula is C20H19N3O2. The van der Waals surface area contributed by atoms with Gasteiger partial charge < -0.3 is 9.64 Å². The molecule has 1 aromatic heterocycles. The van der Waals surface area contributed by atoms with Crippen LogP contribution < -0.4 is 5.32 Å². The van der Waals surface area contributed by atoms with Gasteiger partial charge in [0.15, 0.2) is 0 Å². The van der Waals surface area contributed by atoms with Gasteiger partial charge in [-0.05, 0) is 28.5 Å². The van der Waals surface area contributed by atoms with E-state index in [1.54, 1.807) is 17.2 Å². The molecule has 0 spiro atoms. The van der Waals surface area contributed by atoms with Gasteiger partial charge in [0.1, 0.15) is 5.82 Å². The molecule has 0 unspecified atom stereocenters. The molecule has 5 heteroatoms. The predicted octanol–water partition coefficient (Wildman–Crippen LogP) is 3.67. The molecule has 126 valence electrons. The highest BCUT2D eigenvalue weighted by molar-refractivity contribution is 5.89. The topological polar surface area (TPSA) is 54.5 Å². The number of ether oxygens (including phenoxy) is 1. The van der Waals surface area contributed by atoms with E-state index in [1.165, 1.54) is 16.3 Å². The van der Waals surface area contributed by atoms with E-state index in [0.717, 1.165) is 0 Å². The first-order valence-corrected chi connectivity index (χ1v) is 8.35. The second-order valence-corrected chi connectivity index (χ2v) is 6.12. The summed E-state index contributed by atoms with van der Waals surface area (Å²) in [5, 5.41) is 5.22. The number of carbonyl (C=O) groups is 1. The molecule has 0 radical (unpaired) electrons. The predicted molar refractivity (Wildman–Crippen MR) is 97.4 cm³/mol. The van der Waals surface area contributed by atoms with Crippen LogP contribution >= 0.6 is 0 Å². The Balaban J connectivity index is 1.29. The molecule has 3 aromatic rings. The van der Waals surface area contributed by atoms with Crippen LogP contribution in [0, 0.1) is 0 Å². The van der Waals surface area contributed by atoms with E-state index in [4.69, 9.17) is 4.74 Å². The van der Waals surface area contributed by atoms with Gasteiger partial charge in [0.05, 0.1) is 25.8 Å². The maximum atomic E-state index is 12.1. The lowest BCUT2D eigenvalue weighted by Crippen LogP contribution is -2.56. The number of likely N-dealkylation sites (tertiary alicyclic amines) is 1. The lowest BCUT2D eigenvalue weighted by molar-refractivity contribution is -0.0417. The van der Waals surface area contributed by atoms with E-state index in [-0.39, 0.29) is 12.1 Å². The monoisotopic (exact) mass is 333 g/mol. The van der Waals surface area contributed by atoms with Crippen molar-refractivity contribution in [3.8, 4) is 0 Å². The lowest BCUT2D eigenvalue weighted by atomic mass is 10.1. The third kappa shape index (κ3) is 3.46. The molecular weight excluding hydrogens is 314 g/mol. The van der Waals surface area contributed by atoms with Crippen LogP contribution in [0.3, 0.4) is 0 Å². The molecule has 1 N–H and O–H groups in total. The van der Waals surface area contributed by atoms with Gasteiger partial charge >= 0.3 is 6.03 Å². The van der Waals surface area contributed by atoms with Crippen LogP contribution in [0.1, 0.15) is 5.56 Å². The average molecular weight is 333 g/mol. The number of anilines is 1. The highest BCUT2D eigenvalue weighted by Crippen LogP contribution is 2.21. The summed E-state index contributed by atoms with van der Waals surface area (Å²) in [4.78, 5) is 17.9. The van der Waals surface area contributed by atoms with Crippen molar-refractivity contribution in [3.63, 3.8) is 0 Å². The molecule has 2 amide bonds. The number of nitrogens with one attached hydrogen (secondary N) is 1. The Morgan fingerprint density at radius 1 is 1.08 bits per heavy atom. The quantitative estimate of drug-likeness (QED) is 0.792. The summed E-state index contributed by atoms with van der Waals surface area (Å²) in [6, 6.07) is 19.8. The fourth-order valence-corrected chi connectivity index (χ4v) is 2.96. The molecule has 0 bridgehead atoms. The fourth-order valence-electron chi connectivity index (χ4n) is 2.96. The first-order valence-electron chi connectivity index (χ1n) is 8.35. The van der Waals surface area contributed by atoms with Crippen molar-refractivity contribution in [1.29, 1.82) is 0 Å². The number of amides is 2. The van der Waals surface area contributed by atoms with E-state index in [0.29, 0.717) is 25.5 Å². The summed E-state index contributed by atoms with van der Waals surface area (Å²) < 4.78 is 5.97. The van der Waals surface area contributed by atoms with Gasteiger partial charge in [0.2, 0.25) is 0 Å². The Morgan fingerprint density at radius 2 is 1.88 bits per heavy atom. The minimum Gasteiger partial charge on any atom is -0.370 e. The fraction of sp³-hybridized carbons (Fsp3) is 0.200. The van der Waals surface area contributed by atoms with E-state index in [1.807, 2.05) is 24.3 Å². The van der Waals surface area contributed by atoms with Crippen LogP contribution in [0.25, 0.3) is 10.8 Å². The van der Waals surface area contributed by atoms with Crippen LogP contribution in [-0.2, 0) is 11.3 Å². The van der Waals surface area contributed by atoms with Gasteiger partial charge in [-0.1, -0.05) is 48.5 Å². The molecule has 2 heterocycles. The Morgan fingerprint density at radius 3 is 2.72 bits per heavy atom. The Labute approximate surface area is 146 Å². The first kappa shape index (κ1) is 15.6. The zero-order valence-electron chi connectivity index (χ0n) is 13.8. The molecule has 5 nitrogen and oxygen atoms in total. The summed E-state index contributed by atoms with van der Waals surface area (Å²) in [5.41, 5.74) is 1.18. The molecule has 0 atom stereocenters. The SMILES string of the molecule is O=C(Nc1ccccn1)N1CC(OCc2cccc3ccccc23)C1. The van der Waals surface area contributed by atoms with Crippen molar-refractivity contribution in [2.75, 3.05) is 18.4 Å².